The molecule has 28 heavy (non-hydrogen) atoms. The molecular weight excluding hydrogens is 383 g/mol. The summed E-state index contributed by atoms with van der Waals surface area (Å²) in [6.07, 6.45) is -4.16. The van der Waals surface area contributed by atoms with Crippen LogP contribution >= 0.6 is 0 Å². The van der Waals surface area contributed by atoms with E-state index in [0.29, 0.717) is 26.1 Å². The normalized spacial score (nSPS) is 16.5. The zero-order valence-corrected chi connectivity index (χ0v) is 14.5. The van der Waals surface area contributed by atoms with E-state index in [1.807, 2.05) is 0 Å². The van der Waals surface area contributed by atoms with Crippen LogP contribution in [-0.2, 0) is 15.7 Å². The number of carbonyl (C=O) groups excluding carboxylic acids is 1. The second-order valence-corrected chi connectivity index (χ2v) is 6.38. The predicted octanol–water partition coefficient (Wildman–Crippen LogP) is 2.37. The van der Waals surface area contributed by atoms with Crippen molar-refractivity contribution in [3.8, 4) is 11.4 Å². The molecule has 0 unspecified atom stereocenters. The second kappa shape index (κ2) is 7.58. The Hall–Kier alpha value is -2.95. The minimum Gasteiger partial charge on any atom is -0.481 e. The third-order valence-corrected chi connectivity index (χ3v) is 4.56. The molecule has 1 aromatic carbocycles. The molecule has 0 atom stereocenters. The van der Waals surface area contributed by atoms with Gasteiger partial charge in [0.15, 0.2) is 0 Å². The van der Waals surface area contributed by atoms with Crippen LogP contribution in [0.3, 0.4) is 0 Å². The summed E-state index contributed by atoms with van der Waals surface area (Å²) in [5, 5.41) is 15.4. The van der Waals surface area contributed by atoms with E-state index in [1.54, 1.807) is 0 Å². The van der Waals surface area contributed by atoms with Crippen molar-refractivity contribution < 1.29 is 37.1 Å². The highest BCUT2D eigenvalue weighted by Gasteiger charge is 2.40. The number of hydrogen-bond donors (Lipinski definition) is 2. The Balaban J connectivity index is 1.67. The number of benzene rings is 1. The van der Waals surface area contributed by atoms with Crippen molar-refractivity contribution in [1.82, 2.24) is 15.5 Å². The molecule has 0 bridgehead atoms. The summed E-state index contributed by atoms with van der Waals surface area (Å²) in [5.41, 5.74) is -0.620. The topological polar surface area (TPSA) is 115 Å². The number of aromatic nitrogens is 2. The van der Waals surface area contributed by atoms with Gasteiger partial charge in [-0.15, -0.1) is 0 Å². The third kappa shape index (κ3) is 4.14. The van der Waals surface area contributed by atoms with Gasteiger partial charge in [0.2, 0.25) is 5.82 Å². The van der Waals surface area contributed by atoms with Crippen molar-refractivity contribution in [2.45, 2.75) is 19.0 Å². The fraction of sp³-hybridized carbons (Fsp3) is 0.412. The standard InChI is InChI=1S/C17H16F3N3O5/c18-17(19,20)14-22-12(23-28-14)10-1-3-11(4-2-10)13(24)21-9-16(15(25)26)5-7-27-8-6-16/h1-4H,5-9H2,(H,21,24)(H,25,26). The van der Waals surface area contributed by atoms with E-state index in [-0.39, 0.29) is 23.5 Å². The molecule has 1 aliphatic rings. The van der Waals surface area contributed by atoms with E-state index in [4.69, 9.17) is 4.74 Å². The molecule has 0 radical (unpaired) electrons. The summed E-state index contributed by atoms with van der Waals surface area (Å²) < 4.78 is 46.9. The highest BCUT2D eigenvalue weighted by atomic mass is 19.4. The lowest BCUT2D eigenvalue weighted by atomic mass is 9.80. The van der Waals surface area contributed by atoms with Crippen LogP contribution in [0, 0.1) is 5.41 Å². The monoisotopic (exact) mass is 399 g/mol. The maximum absolute atomic E-state index is 12.5. The number of carbonyl (C=O) groups is 2. The van der Waals surface area contributed by atoms with E-state index >= 15 is 0 Å². The van der Waals surface area contributed by atoms with Crippen LogP contribution in [0.4, 0.5) is 13.2 Å². The molecular formula is C17H16F3N3O5. The Morgan fingerprint density at radius 2 is 1.82 bits per heavy atom. The molecule has 2 N–H and O–H groups in total. The number of carboxylic acid groups (broad SMARTS) is 1. The molecule has 0 spiro atoms. The predicted molar refractivity (Wildman–Crippen MR) is 87.2 cm³/mol. The van der Waals surface area contributed by atoms with Crippen molar-refractivity contribution in [2.75, 3.05) is 19.8 Å². The lowest BCUT2D eigenvalue weighted by molar-refractivity contribution is -0.159. The molecule has 1 fully saturated rings. The Morgan fingerprint density at radius 1 is 1.18 bits per heavy atom. The number of aliphatic carboxylic acids is 1. The summed E-state index contributed by atoms with van der Waals surface area (Å²) in [7, 11) is 0. The molecule has 2 heterocycles. The average Bonchev–Trinajstić information content (AvgIpc) is 3.17. The number of nitrogens with one attached hydrogen (secondary N) is 1. The van der Waals surface area contributed by atoms with E-state index in [9.17, 15) is 27.9 Å². The van der Waals surface area contributed by atoms with Gasteiger partial charge in [0, 0.05) is 30.9 Å². The van der Waals surface area contributed by atoms with Gasteiger partial charge in [-0.2, -0.15) is 18.2 Å². The Kier molecular flexibility index (Phi) is 5.36. The maximum Gasteiger partial charge on any atom is 0.471 e. The van der Waals surface area contributed by atoms with Crippen LogP contribution < -0.4 is 5.32 Å². The number of rotatable bonds is 5. The van der Waals surface area contributed by atoms with Gasteiger partial charge in [0.25, 0.3) is 5.91 Å². The summed E-state index contributed by atoms with van der Waals surface area (Å²) in [5.74, 6) is -3.21. The van der Waals surface area contributed by atoms with E-state index in [0.717, 1.165) is 0 Å². The minimum atomic E-state index is -4.74. The molecule has 1 aliphatic heterocycles. The van der Waals surface area contributed by atoms with E-state index < -0.39 is 29.4 Å². The Bertz CT molecular complexity index is 858. The van der Waals surface area contributed by atoms with Gasteiger partial charge < -0.3 is 19.7 Å². The molecule has 0 aliphatic carbocycles. The molecule has 150 valence electrons. The van der Waals surface area contributed by atoms with Crippen LogP contribution in [0.25, 0.3) is 11.4 Å². The number of ether oxygens (including phenoxy) is 1. The van der Waals surface area contributed by atoms with Gasteiger partial charge in [0.05, 0.1) is 5.41 Å². The fourth-order valence-electron chi connectivity index (χ4n) is 2.81. The van der Waals surface area contributed by atoms with Crippen molar-refractivity contribution >= 4 is 11.9 Å². The maximum atomic E-state index is 12.5. The minimum absolute atomic E-state index is 0.0495. The molecule has 1 saturated heterocycles. The lowest BCUT2D eigenvalue weighted by Crippen LogP contribution is -2.46. The summed E-state index contributed by atoms with van der Waals surface area (Å²) in [6, 6.07) is 5.51. The molecule has 0 saturated carbocycles. The SMILES string of the molecule is O=C(NCC1(C(=O)O)CCOCC1)c1ccc(-c2noc(C(F)(F)F)n2)cc1. The highest BCUT2D eigenvalue weighted by Crippen LogP contribution is 2.31. The van der Waals surface area contributed by atoms with Gasteiger partial charge in [-0.1, -0.05) is 17.3 Å². The van der Waals surface area contributed by atoms with E-state index in [2.05, 4.69) is 20.0 Å². The first-order valence-corrected chi connectivity index (χ1v) is 8.32. The van der Waals surface area contributed by atoms with Crippen LogP contribution in [0.5, 0.6) is 0 Å². The van der Waals surface area contributed by atoms with Crippen LogP contribution in [0.2, 0.25) is 0 Å². The number of alkyl halides is 3. The quantitative estimate of drug-likeness (QED) is 0.793. The number of halogens is 3. The first-order valence-electron chi connectivity index (χ1n) is 8.32. The summed E-state index contributed by atoms with van der Waals surface area (Å²) in [4.78, 5) is 27.2. The van der Waals surface area contributed by atoms with Gasteiger partial charge in [-0.3, -0.25) is 9.59 Å². The molecule has 2 aromatic rings. The number of nitrogens with zero attached hydrogens (tertiary/aromatic N) is 2. The second-order valence-electron chi connectivity index (χ2n) is 6.38. The third-order valence-electron chi connectivity index (χ3n) is 4.56. The Labute approximate surface area is 156 Å². The van der Waals surface area contributed by atoms with Crippen LogP contribution in [0.15, 0.2) is 28.8 Å². The molecule has 1 aromatic heterocycles. The number of amides is 1. The summed E-state index contributed by atoms with van der Waals surface area (Å²) in [6.45, 7) is 0.565. The van der Waals surface area contributed by atoms with Gasteiger partial charge in [-0.25, -0.2) is 0 Å². The van der Waals surface area contributed by atoms with Crippen molar-refractivity contribution in [2.24, 2.45) is 5.41 Å². The fourth-order valence-corrected chi connectivity index (χ4v) is 2.81. The smallest absolute Gasteiger partial charge is 0.471 e. The zero-order valence-electron chi connectivity index (χ0n) is 14.5. The van der Waals surface area contributed by atoms with Crippen molar-refractivity contribution in [3.05, 3.63) is 35.7 Å². The first-order chi connectivity index (χ1) is 13.2. The van der Waals surface area contributed by atoms with E-state index in [1.165, 1.54) is 24.3 Å². The zero-order chi connectivity index (χ0) is 20.4. The largest absolute Gasteiger partial charge is 0.481 e. The molecule has 11 heteroatoms. The van der Waals surface area contributed by atoms with Crippen LogP contribution in [0.1, 0.15) is 29.1 Å². The van der Waals surface area contributed by atoms with Crippen molar-refractivity contribution in [1.29, 1.82) is 0 Å². The average molecular weight is 399 g/mol. The number of carboxylic acids is 1. The highest BCUT2D eigenvalue weighted by molar-refractivity contribution is 5.95. The lowest BCUT2D eigenvalue weighted by Gasteiger charge is -2.33. The summed E-state index contributed by atoms with van der Waals surface area (Å²) >= 11 is 0. The number of hydrogen-bond acceptors (Lipinski definition) is 6. The Morgan fingerprint density at radius 3 is 2.36 bits per heavy atom. The molecule has 8 nitrogen and oxygen atoms in total. The van der Waals surface area contributed by atoms with Crippen LogP contribution in [-0.4, -0.2) is 46.9 Å². The van der Waals surface area contributed by atoms with Gasteiger partial charge in [0.1, 0.15) is 0 Å². The molecule has 1 amide bonds. The first kappa shape index (κ1) is 19.8. The van der Waals surface area contributed by atoms with Gasteiger partial charge in [-0.05, 0) is 25.0 Å². The van der Waals surface area contributed by atoms with Gasteiger partial charge >= 0.3 is 18.0 Å². The van der Waals surface area contributed by atoms with Crippen molar-refractivity contribution in [3.63, 3.8) is 0 Å². The molecule has 3 rings (SSSR count).